The summed E-state index contributed by atoms with van der Waals surface area (Å²) in [7, 11) is 3.14. The summed E-state index contributed by atoms with van der Waals surface area (Å²) in [6, 6.07) is 4.51. The number of hydrogen-bond donors (Lipinski definition) is 1. The molecular weight excluding hydrogens is 325 g/mol. The fourth-order valence-electron chi connectivity index (χ4n) is 1.93. The number of aromatic nitrogens is 1. The second-order valence-corrected chi connectivity index (χ2v) is 5.67. The number of alkyl halides is 3. The summed E-state index contributed by atoms with van der Waals surface area (Å²) in [5.74, 6) is 0.542. The second kappa shape index (κ2) is 6.21. The third-order valence-electron chi connectivity index (χ3n) is 2.84. The molecule has 1 N–H and O–H groups in total. The Labute approximate surface area is 128 Å². The summed E-state index contributed by atoms with van der Waals surface area (Å²) in [5, 5.41) is 2.57. The number of rotatable bonds is 4. The molecule has 0 saturated carbocycles. The molecule has 0 bridgehead atoms. The molecule has 0 spiro atoms. The lowest BCUT2D eigenvalue weighted by atomic mass is 10.0. The number of ether oxygens (including phenoxy) is 1. The van der Waals surface area contributed by atoms with E-state index in [4.69, 9.17) is 16.3 Å². The predicted molar refractivity (Wildman–Crippen MR) is 76.0 cm³/mol. The number of hydrogen-bond acceptors (Lipinski definition) is 4. The molecule has 1 heterocycles. The third kappa shape index (κ3) is 3.48. The minimum atomic E-state index is -4.44. The maximum Gasteiger partial charge on any atom is 0.443 e. The largest absolute Gasteiger partial charge is 0.496 e. The fourth-order valence-corrected chi connectivity index (χ4v) is 3.03. The molecule has 0 aliphatic heterocycles. The minimum absolute atomic E-state index is 0.436. The average Bonchev–Trinajstić information content (AvgIpc) is 2.89. The Balaban J connectivity index is 2.45. The van der Waals surface area contributed by atoms with Gasteiger partial charge in [-0.3, -0.25) is 0 Å². The van der Waals surface area contributed by atoms with Gasteiger partial charge in [-0.15, -0.1) is 11.3 Å². The Morgan fingerprint density at radius 1 is 1.38 bits per heavy atom. The molecule has 1 atom stereocenters. The quantitative estimate of drug-likeness (QED) is 0.911. The summed E-state index contributed by atoms with van der Waals surface area (Å²) >= 11 is 6.56. The van der Waals surface area contributed by atoms with Crippen molar-refractivity contribution in [3.05, 3.63) is 44.9 Å². The first-order valence-electron chi connectivity index (χ1n) is 5.90. The summed E-state index contributed by atoms with van der Waals surface area (Å²) in [4.78, 5) is 3.87. The molecule has 1 aromatic carbocycles. The lowest BCUT2D eigenvalue weighted by molar-refractivity contribution is -0.137. The van der Waals surface area contributed by atoms with E-state index in [1.54, 1.807) is 25.2 Å². The van der Waals surface area contributed by atoms with Gasteiger partial charge in [-0.2, -0.15) is 13.2 Å². The Morgan fingerprint density at radius 3 is 2.62 bits per heavy atom. The van der Waals surface area contributed by atoms with Crippen LogP contribution in [-0.4, -0.2) is 19.1 Å². The Kier molecular flexibility index (Phi) is 4.75. The van der Waals surface area contributed by atoms with Crippen molar-refractivity contribution in [1.82, 2.24) is 10.3 Å². The van der Waals surface area contributed by atoms with E-state index in [0.717, 1.165) is 0 Å². The highest BCUT2D eigenvalue weighted by Crippen LogP contribution is 2.38. The van der Waals surface area contributed by atoms with Gasteiger partial charge < -0.3 is 10.1 Å². The van der Waals surface area contributed by atoms with Crippen molar-refractivity contribution in [3.63, 3.8) is 0 Å². The van der Waals surface area contributed by atoms with E-state index >= 15 is 0 Å². The van der Waals surface area contributed by atoms with E-state index in [2.05, 4.69) is 10.3 Å². The van der Waals surface area contributed by atoms with Crippen molar-refractivity contribution in [2.45, 2.75) is 12.2 Å². The van der Waals surface area contributed by atoms with E-state index in [1.807, 2.05) is 0 Å². The first-order chi connectivity index (χ1) is 9.86. The van der Waals surface area contributed by atoms with Gasteiger partial charge in [0.05, 0.1) is 13.2 Å². The van der Waals surface area contributed by atoms with Crippen molar-refractivity contribution >= 4 is 22.9 Å². The van der Waals surface area contributed by atoms with Crippen LogP contribution in [0.1, 0.15) is 21.5 Å². The van der Waals surface area contributed by atoms with Crippen LogP contribution in [0.15, 0.2) is 24.4 Å². The topological polar surface area (TPSA) is 34.2 Å². The standard InChI is InChI=1S/C13H12ClF3N2OS/c1-18-11(8-5-7(14)3-4-9(8)20-2)10-6-19-12(21-10)13(15,16)17/h3-6,11,18H,1-2H3. The van der Waals surface area contributed by atoms with Crippen molar-refractivity contribution in [2.75, 3.05) is 14.2 Å². The zero-order chi connectivity index (χ0) is 15.6. The molecule has 21 heavy (non-hydrogen) atoms. The molecule has 114 valence electrons. The van der Waals surface area contributed by atoms with Gasteiger partial charge >= 0.3 is 6.18 Å². The van der Waals surface area contributed by atoms with Crippen molar-refractivity contribution in [1.29, 1.82) is 0 Å². The molecule has 0 saturated heterocycles. The molecule has 0 aliphatic carbocycles. The first-order valence-corrected chi connectivity index (χ1v) is 7.10. The molecule has 1 aromatic heterocycles. The van der Waals surface area contributed by atoms with Crippen LogP contribution in [-0.2, 0) is 6.18 Å². The molecule has 1 unspecified atom stereocenters. The molecule has 0 radical (unpaired) electrons. The summed E-state index contributed by atoms with van der Waals surface area (Å²) in [5.41, 5.74) is 0.657. The van der Waals surface area contributed by atoms with Gasteiger partial charge in [0.1, 0.15) is 5.75 Å². The van der Waals surface area contributed by atoms with Crippen molar-refractivity contribution in [3.8, 4) is 5.75 Å². The van der Waals surface area contributed by atoms with E-state index in [1.165, 1.54) is 13.3 Å². The van der Waals surface area contributed by atoms with Crippen molar-refractivity contribution in [2.24, 2.45) is 0 Å². The van der Waals surface area contributed by atoms with Gasteiger partial charge in [-0.05, 0) is 25.2 Å². The fraction of sp³-hybridized carbons (Fsp3) is 0.308. The van der Waals surface area contributed by atoms with E-state index in [9.17, 15) is 13.2 Å². The molecular formula is C13H12ClF3N2OS. The van der Waals surface area contributed by atoms with E-state index < -0.39 is 17.2 Å². The van der Waals surface area contributed by atoms with Gasteiger partial charge in [0.25, 0.3) is 0 Å². The van der Waals surface area contributed by atoms with E-state index in [0.29, 0.717) is 32.5 Å². The maximum atomic E-state index is 12.7. The van der Waals surface area contributed by atoms with E-state index in [-0.39, 0.29) is 0 Å². The lowest BCUT2D eigenvalue weighted by Gasteiger charge is -2.18. The Morgan fingerprint density at radius 2 is 2.10 bits per heavy atom. The SMILES string of the molecule is CNC(c1cnc(C(F)(F)F)s1)c1cc(Cl)ccc1OC. The highest BCUT2D eigenvalue weighted by molar-refractivity contribution is 7.11. The molecule has 2 aromatic rings. The monoisotopic (exact) mass is 336 g/mol. The molecule has 8 heteroatoms. The molecule has 0 aliphatic rings. The smallest absolute Gasteiger partial charge is 0.443 e. The second-order valence-electron chi connectivity index (χ2n) is 4.17. The summed E-state index contributed by atoms with van der Waals surface area (Å²) in [6.07, 6.45) is -3.23. The third-order valence-corrected chi connectivity index (χ3v) is 4.18. The number of nitrogens with one attached hydrogen (secondary N) is 1. The average molecular weight is 337 g/mol. The summed E-state index contributed by atoms with van der Waals surface area (Å²) < 4.78 is 43.2. The van der Waals surface area contributed by atoms with Gasteiger partial charge in [0, 0.05) is 21.7 Å². The van der Waals surface area contributed by atoms with Crippen LogP contribution in [0, 0.1) is 0 Å². The zero-order valence-electron chi connectivity index (χ0n) is 11.2. The van der Waals surface area contributed by atoms with Crippen LogP contribution < -0.4 is 10.1 Å². The normalized spacial score (nSPS) is 13.2. The molecule has 0 fully saturated rings. The zero-order valence-corrected chi connectivity index (χ0v) is 12.7. The molecule has 3 nitrogen and oxygen atoms in total. The highest BCUT2D eigenvalue weighted by Gasteiger charge is 2.35. The van der Waals surface area contributed by atoms with Gasteiger partial charge in [0.15, 0.2) is 5.01 Å². The number of halogens is 4. The first kappa shape index (κ1) is 16.1. The predicted octanol–water partition coefficient (Wildman–Crippen LogP) is 4.13. The van der Waals surface area contributed by atoms with Gasteiger partial charge in [-0.1, -0.05) is 11.6 Å². The van der Waals surface area contributed by atoms with Gasteiger partial charge in [0.2, 0.25) is 0 Å². The van der Waals surface area contributed by atoms with Gasteiger partial charge in [-0.25, -0.2) is 4.98 Å². The van der Waals surface area contributed by atoms with Crippen LogP contribution in [0.2, 0.25) is 5.02 Å². The number of nitrogens with zero attached hydrogens (tertiary/aromatic N) is 1. The highest BCUT2D eigenvalue weighted by atomic mass is 35.5. The number of methoxy groups -OCH3 is 1. The number of thiazole rings is 1. The Bertz CT molecular complexity index is 630. The van der Waals surface area contributed by atoms with Crippen molar-refractivity contribution < 1.29 is 17.9 Å². The lowest BCUT2D eigenvalue weighted by Crippen LogP contribution is -2.17. The summed E-state index contributed by atoms with van der Waals surface area (Å²) in [6.45, 7) is 0. The van der Waals surface area contributed by atoms with Crippen LogP contribution in [0.4, 0.5) is 13.2 Å². The Hall–Kier alpha value is -1.31. The number of benzene rings is 1. The van der Waals surface area contributed by atoms with Crippen LogP contribution in [0.3, 0.4) is 0 Å². The van der Waals surface area contributed by atoms with Crippen LogP contribution in [0.5, 0.6) is 5.75 Å². The molecule has 0 amide bonds. The maximum absolute atomic E-state index is 12.7. The van der Waals surface area contributed by atoms with Crippen LogP contribution >= 0.6 is 22.9 Å². The molecule has 2 rings (SSSR count). The van der Waals surface area contributed by atoms with Crippen LogP contribution in [0.25, 0.3) is 0 Å². The minimum Gasteiger partial charge on any atom is -0.496 e.